The Labute approximate surface area is 94.5 Å². The zero-order valence-electron chi connectivity index (χ0n) is 9.02. The van der Waals surface area contributed by atoms with E-state index < -0.39 is 5.97 Å². The molecule has 1 aliphatic heterocycles. The second-order valence-corrected chi connectivity index (χ2v) is 4.95. The van der Waals surface area contributed by atoms with Gasteiger partial charge >= 0.3 is 5.97 Å². The number of benzene rings is 1. The molecule has 1 aromatic carbocycles. The lowest BCUT2D eigenvalue weighted by atomic mass is 9.93. The minimum Gasteiger partial charge on any atom is -0.481 e. The summed E-state index contributed by atoms with van der Waals surface area (Å²) in [5.74, 6) is -0.415. The van der Waals surface area contributed by atoms with Crippen molar-refractivity contribution in [1.29, 1.82) is 0 Å². The zero-order valence-corrected chi connectivity index (χ0v) is 9.02. The zero-order chi connectivity index (χ0) is 11.2. The number of piperidine rings is 1. The number of carboxylic acid groups (broad SMARTS) is 1. The van der Waals surface area contributed by atoms with Crippen molar-refractivity contribution in [3.63, 3.8) is 0 Å². The highest BCUT2D eigenvalue weighted by Gasteiger charge is 2.69. The molecule has 0 bridgehead atoms. The van der Waals surface area contributed by atoms with Crippen LogP contribution < -0.4 is 5.32 Å². The van der Waals surface area contributed by atoms with Gasteiger partial charge in [-0.05, 0) is 24.4 Å². The topological polar surface area (TPSA) is 49.3 Å². The van der Waals surface area contributed by atoms with E-state index in [4.69, 9.17) is 0 Å². The molecule has 0 aromatic heterocycles. The van der Waals surface area contributed by atoms with Crippen LogP contribution in [0.5, 0.6) is 0 Å². The van der Waals surface area contributed by atoms with Gasteiger partial charge in [-0.3, -0.25) is 4.79 Å². The molecular weight excluding hydrogens is 202 g/mol. The second-order valence-electron chi connectivity index (χ2n) is 4.95. The highest BCUT2D eigenvalue weighted by atomic mass is 16.4. The van der Waals surface area contributed by atoms with Crippen LogP contribution in [0, 0.1) is 17.3 Å². The van der Waals surface area contributed by atoms with Crippen LogP contribution in [0.25, 0.3) is 0 Å². The van der Waals surface area contributed by atoms with E-state index in [-0.39, 0.29) is 11.3 Å². The highest BCUT2D eigenvalue weighted by molar-refractivity contribution is 5.76. The molecule has 1 aliphatic carbocycles. The quantitative estimate of drug-likeness (QED) is 0.798. The first-order chi connectivity index (χ1) is 7.74. The monoisotopic (exact) mass is 217 g/mol. The molecule has 0 amide bonds. The molecule has 16 heavy (non-hydrogen) atoms. The third-order valence-electron chi connectivity index (χ3n) is 4.11. The number of rotatable bonds is 3. The fourth-order valence-corrected chi connectivity index (χ4v) is 3.30. The van der Waals surface area contributed by atoms with Crippen LogP contribution in [0.2, 0.25) is 0 Å². The molecular formula is C13H15NO2. The molecule has 84 valence electrons. The normalized spacial score (nSPS) is 35.8. The van der Waals surface area contributed by atoms with Gasteiger partial charge in [0.15, 0.2) is 0 Å². The Bertz CT molecular complexity index is 417. The van der Waals surface area contributed by atoms with Gasteiger partial charge in [0.25, 0.3) is 0 Å². The van der Waals surface area contributed by atoms with Gasteiger partial charge in [-0.2, -0.15) is 0 Å². The van der Waals surface area contributed by atoms with E-state index >= 15 is 0 Å². The van der Waals surface area contributed by atoms with Crippen molar-refractivity contribution >= 4 is 5.97 Å². The Morgan fingerprint density at radius 1 is 1.44 bits per heavy atom. The Morgan fingerprint density at radius 2 is 2.19 bits per heavy atom. The molecule has 1 saturated heterocycles. The third-order valence-corrected chi connectivity index (χ3v) is 4.11. The Kier molecular flexibility index (Phi) is 2.04. The summed E-state index contributed by atoms with van der Waals surface area (Å²) in [6, 6.07) is 10.2. The van der Waals surface area contributed by atoms with Crippen molar-refractivity contribution in [2.75, 3.05) is 13.1 Å². The van der Waals surface area contributed by atoms with E-state index in [0.717, 1.165) is 19.5 Å². The number of aliphatic carboxylic acids is 1. The summed E-state index contributed by atoms with van der Waals surface area (Å²) in [7, 11) is 0. The van der Waals surface area contributed by atoms with E-state index in [1.54, 1.807) is 0 Å². The number of carbonyl (C=O) groups is 1. The first-order valence-corrected chi connectivity index (χ1v) is 5.71. The van der Waals surface area contributed by atoms with Gasteiger partial charge in [0.05, 0.1) is 5.92 Å². The Hall–Kier alpha value is -1.35. The smallest absolute Gasteiger partial charge is 0.307 e. The minimum atomic E-state index is -0.623. The molecule has 3 unspecified atom stereocenters. The number of carboxylic acids is 1. The lowest BCUT2D eigenvalue weighted by molar-refractivity contribution is -0.139. The largest absolute Gasteiger partial charge is 0.481 e. The number of hydrogen-bond donors (Lipinski definition) is 2. The number of fused-ring (bicyclic) bond motifs is 1. The summed E-state index contributed by atoms with van der Waals surface area (Å²) in [6.07, 6.45) is 0.891. The van der Waals surface area contributed by atoms with Crippen molar-refractivity contribution in [2.24, 2.45) is 17.3 Å². The van der Waals surface area contributed by atoms with Crippen molar-refractivity contribution in [3.05, 3.63) is 35.9 Å². The van der Waals surface area contributed by atoms with Crippen LogP contribution in [0.3, 0.4) is 0 Å². The van der Waals surface area contributed by atoms with Gasteiger partial charge in [0.2, 0.25) is 0 Å². The van der Waals surface area contributed by atoms with Gasteiger partial charge in [-0.15, -0.1) is 0 Å². The van der Waals surface area contributed by atoms with E-state index in [9.17, 15) is 9.90 Å². The van der Waals surface area contributed by atoms with Crippen LogP contribution in [-0.2, 0) is 11.2 Å². The van der Waals surface area contributed by atoms with E-state index in [2.05, 4.69) is 17.4 Å². The number of hydrogen-bond acceptors (Lipinski definition) is 2. The summed E-state index contributed by atoms with van der Waals surface area (Å²) in [5.41, 5.74) is 1.24. The lowest BCUT2D eigenvalue weighted by Gasteiger charge is -2.13. The van der Waals surface area contributed by atoms with Gasteiger partial charge < -0.3 is 10.4 Å². The van der Waals surface area contributed by atoms with Crippen LogP contribution in [0.1, 0.15) is 5.56 Å². The van der Waals surface area contributed by atoms with E-state index in [1.807, 2.05) is 18.2 Å². The standard InChI is InChI=1S/C13H15NO2/c15-12(16)11-10-7-14-8-13(10,11)6-9-4-2-1-3-5-9/h1-5,10-11,14H,6-8H2,(H,15,16). The maximum absolute atomic E-state index is 11.1. The van der Waals surface area contributed by atoms with E-state index in [1.165, 1.54) is 5.56 Å². The molecule has 1 heterocycles. The summed E-state index contributed by atoms with van der Waals surface area (Å²) in [5, 5.41) is 12.5. The van der Waals surface area contributed by atoms with Gasteiger partial charge in [-0.1, -0.05) is 30.3 Å². The predicted molar refractivity (Wildman–Crippen MR) is 60.1 cm³/mol. The second kappa shape index (κ2) is 3.32. The number of nitrogens with one attached hydrogen (secondary N) is 1. The molecule has 3 heteroatoms. The van der Waals surface area contributed by atoms with Crippen LogP contribution in [0.4, 0.5) is 0 Å². The average molecular weight is 217 g/mol. The molecule has 3 atom stereocenters. The van der Waals surface area contributed by atoms with E-state index in [0.29, 0.717) is 5.92 Å². The summed E-state index contributed by atoms with van der Waals surface area (Å²) in [4.78, 5) is 11.1. The van der Waals surface area contributed by atoms with Crippen LogP contribution in [-0.4, -0.2) is 24.2 Å². The van der Waals surface area contributed by atoms with Crippen molar-refractivity contribution in [2.45, 2.75) is 6.42 Å². The lowest BCUT2D eigenvalue weighted by Crippen LogP contribution is -2.25. The summed E-state index contributed by atoms with van der Waals surface area (Å²) >= 11 is 0. The molecule has 3 rings (SSSR count). The fourth-order valence-electron chi connectivity index (χ4n) is 3.30. The minimum absolute atomic E-state index is 0.00676. The molecule has 0 spiro atoms. The maximum Gasteiger partial charge on any atom is 0.307 e. The molecule has 2 aliphatic rings. The molecule has 2 N–H and O–H groups in total. The summed E-state index contributed by atoms with van der Waals surface area (Å²) in [6.45, 7) is 1.72. The van der Waals surface area contributed by atoms with Gasteiger partial charge in [0.1, 0.15) is 0 Å². The van der Waals surface area contributed by atoms with Crippen molar-refractivity contribution < 1.29 is 9.90 Å². The fraction of sp³-hybridized carbons (Fsp3) is 0.462. The Morgan fingerprint density at radius 3 is 2.81 bits per heavy atom. The first kappa shape index (κ1) is 9.85. The predicted octanol–water partition coefficient (Wildman–Crippen LogP) is 1.15. The third kappa shape index (κ3) is 1.28. The molecule has 0 radical (unpaired) electrons. The summed E-state index contributed by atoms with van der Waals surface area (Å²) < 4.78 is 0. The molecule has 1 aromatic rings. The molecule has 2 fully saturated rings. The molecule has 3 nitrogen and oxygen atoms in total. The SMILES string of the molecule is O=C(O)C1C2CNCC21Cc1ccccc1. The van der Waals surface area contributed by atoms with Crippen LogP contribution in [0.15, 0.2) is 30.3 Å². The maximum atomic E-state index is 11.1. The first-order valence-electron chi connectivity index (χ1n) is 5.71. The van der Waals surface area contributed by atoms with Gasteiger partial charge in [0, 0.05) is 12.0 Å². The Balaban J connectivity index is 1.82. The average Bonchev–Trinajstić information content (AvgIpc) is 2.70. The van der Waals surface area contributed by atoms with Gasteiger partial charge in [-0.25, -0.2) is 0 Å². The molecule has 1 saturated carbocycles. The highest BCUT2D eigenvalue weighted by Crippen LogP contribution is 2.62. The van der Waals surface area contributed by atoms with Crippen LogP contribution >= 0.6 is 0 Å². The van der Waals surface area contributed by atoms with Crippen molar-refractivity contribution in [1.82, 2.24) is 5.32 Å². The van der Waals surface area contributed by atoms with Crippen molar-refractivity contribution in [3.8, 4) is 0 Å².